The van der Waals surface area contributed by atoms with Crippen LogP contribution in [0.25, 0.3) is 0 Å². The second-order valence-electron chi connectivity index (χ2n) is 8.65. The average molecular weight is 351 g/mol. The monoisotopic (exact) mass is 350 g/mol. The molecule has 0 bridgehead atoms. The minimum absolute atomic E-state index is 0.540. The minimum atomic E-state index is 0.540. The second kappa shape index (κ2) is 8.72. The van der Waals surface area contributed by atoms with Crippen LogP contribution in [0.2, 0.25) is 0 Å². The molecular weight excluding hydrogens is 312 g/mol. The first-order valence-corrected chi connectivity index (χ1v) is 10.5. The van der Waals surface area contributed by atoms with Gasteiger partial charge in [0.15, 0.2) is 5.96 Å². The number of morpholine rings is 1. The van der Waals surface area contributed by atoms with Crippen molar-refractivity contribution in [2.45, 2.75) is 58.9 Å². The predicted molar refractivity (Wildman–Crippen MR) is 104 cm³/mol. The van der Waals surface area contributed by atoms with Crippen molar-refractivity contribution >= 4 is 5.96 Å². The normalized spacial score (nSPS) is 25.4. The largest absolute Gasteiger partial charge is 0.379 e. The molecule has 3 rings (SSSR count). The number of guanidine groups is 1. The molecule has 0 amide bonds. The zero-order chi connectivity index (χ0) is 17.7. The maximum Gasteiger partial charge on any atom is 0.193 e. The van der Waals surface area contributed by atoms with Crippen LogP contribution in [0.1, 0.15) is 52.9 Å². The molecule has 1 atom stereocenters. The third-order valence-electron chi connectivity index (χ3n) is 6.24. The number of ether oxygens (including phenoxy) is 1. The van der Waals surface area contributed by atoms with Crippen molar-refractivity contribution in [1.29, 1.82) is 0 Å². The van der Waals surface area contributed by atoms with Gasteiger partial charge in [0.2, 0.25) is 0 Å². The van der Waals surface area contributed by atoms with E-state index in [4.69, 9.17) is 9.73 Å². The standard InChI is InChI=1S/C20H38N4O/c1-4-21-19(24-9-8-20(16-24)6-5-7-20)22-15-18(14-17(2)3)23-10-12-25-13-11-23/h17-18H,4-16H2,1-3H3,(H,21,22). The summed E-state index contributed by atoms with van der Waals surface area (Å²) in [5, 5.41) is 3.55. The molecule has 2 aliphatic heterocycles. The molecule has 0 aromatic rings. The van der Waals surface area contributed by atoms with Crippen molar-refractivity contribution in [3.63, 3.8) is 0 Å². The van der Waals surface area contributed by atoms with Gasteiger partial charge in [-0.2, -0.15) is 0 Å². The fourth-order valence-corrected chi connectivity index (χ4v) is 4.64. The van der Waals surface area contributed by atoms with Crippen molar-refractivity contribution in [1.82, 2.24) is 15.1 Å². The van der Waals surface area contributed by atoms with Crippen molar-refractivity contribution in [3.8, 4) is 0 Å². The topological polar surface area (TPSA) is 40.1 Å². The van der Waals surface area contributed by atoms with Gasteiger partial charge in [0, 0.05) is 38.8 Å². The molecule has 1 aliphatic carbocycles. The van der Waals surface area contributed by atoms with Gasteiger partial charge in [-0.15, -0.1) is 0 Å². The highest BCUT2D eigenvalue weighted by molar-refractivity contribution is 5.80. The SMILES string of the molecule is CCNC(=NCC(CC(C)C)N1CCOCC1)N1CCC2(CCC2)C1. The van der Waals surface area contributed by atoms with Crippen molar-refractivity contribution in [2.24, 2.45) is 16.3 Å². The highest BCUT2D eigenvalue weighted by Gasteiger charge is 2.43. The second-order valence-corrected chi connectivity index (χ2v) is 8.65. The summed E-state index contributed by atoms with van der Waals surface area (Å²) in [6.45, 7) is 14.9. The quantitative estimate of drug-likeness (QED) is 0.590. The molecule has 1 saturated carbocycles. The van der Waals surface area contributed by atoms with E-state index < -0.39 is 0 Å². The molecule has 0 radical (unpaired) electrons. The van der Waals surface area contributed by atoms with Crippen LogP contribution in [0.15, 0.2) is 4.99 Å². The fourth-order valence-electron chi connectivity index (χ4n) is 4.64. The molecule has 25 heavy (non-hydrogen) atoms. The van der Waals surface area contributed by atoms with Crippen LogP contribution in [-0.2, 0) is 4.74 Å². The predicted octanol–water partition coefficient (Wildman–Crippen LogP) is 2.57. The first-order valence-electron chi connectivity index (χ1n) is 10.5. The van der Waals surface area contributed by atoms with Gasteiger partial charge in [0.25, 0.3) is 0 Å². The Morgan fingerprint density at radius 2 is 1.92 bits per heavy atom. The number of likely N-dealkylation sites (tertiary alicyclic amines) is 1. The summed E-state index contributed by atoms with van der Waals surface area (Å²) in [6.07, 6.45) is 6.84. The fraction of sp³-hybridized carbons (Fsp3) is 0.950. The van der Waals surface area contributed by atoms with E-state index in [1.165, 1.54) is 45.2 Å². The van der Waals surface area contributed by atoms with Crippen LogP contribution in [-0.4, -0.2) is 74.3 Å². The summed E-state index contributed by atoms with van der Waals surface area (Å²) in [5.74, 6) is 1.85. The molecule has 0 aromatic heterocycles. The Morgan fingerprint density at radius 3 is 2.48 bits per heavy atom. The van der Waals surface area contributed by atoms with Gasteiger partial charge in [-0.25, -0.2) is 0 Å². The van der Waals surface area contributed by atoms with E-state index >= 15 is 0 Å². The molecule has 1 unspecified atom stereocenters. The first-order chi connectivity index (χ1) is 12.1. The van der Waals surface area contributed by atoms with Gasteiger partial charge in [-0.1, -0.05) is 20.3 Å². The zero-order valence-corrected chi connectivity index (χ0v) is 16.6. The Labute approximate surface area is 154 Å². The molecule has 2 heterocycles. The molecule has 2 saturated heterocycles. The summed E-state index contributed by atoms with van der Waals surface area (Å²) in [5.41, 5.74) is 0.623. The summed E-state index contributed by atoms with van der Waals surface area (Å²) >= 11 is 0. The lowest BCUT2D eigenvalue weighted by Gasteiger charge is -2.38. The first kappa shape index (κ1) is 19.0. The number of nitrogens with zero attached hydrogens (tertiary/aromatic N) is 3. The number of hydrogen-bond donors (Lipinski definition) is 1. The maximum atomic E-state index is 5.54. The molecule has 5 nitrogen and oxygen atoms in total. The molecule has 3 fully saturated rings. The van der Waals surface area contributed by atoms with E-state index in [1.807, 2.05) is 0 Å². The van der Waals surface area contributed by atoms with Gasteiger partial charge in [0.05, 0.1) is 19.8 Å². The maximum absolute atomic E-state index is 5.54. The van der Waals surface area contributed by atoms with Crippen LogP contribution >= 0.6 is 0 Å². The average Bonchev–Trinajstić information content (AvgIpc) is 3.04. The van der Waals surface area contributed by atoms with E-state index in [0.29, 0.717) is 17.4 Å². The molecule has 0 aromatic carbocycles. The molecule has 1 spiro atoms. The number of nitrogens with one attached hydrogen (secondary N) is 1. The zero-order valence-electron chi connectivity index (χ0n) is 16.6. The minimum Gasteiger partial charge on any atom is -0.379 e. The van der Waals surface area contributed by atoms with Crippen molar-refractivity contribution < 1.29 is 4.74 Å². The third kappa shape index (κ3) is 4.88. The summed E-state index contributed by atoms with van der Waals surface area (Å²) in [6, 6.07) is 0.540. The Morgan fingerprint density at radius 1 is 1.16 bits per heavy atom. The Bertz CT molecular complexity index is 441. The van der Waals surface area contributed by atoms with E-state index in [2.05, 4.69) is 35.9 Å². The van der Waals surface area contributed by atoms with Gasteiger partial charge in [0.1, 0.15) is 0 Å². The van der Waals surface area contributed by atoms with E-state index in [1.54, 1.807) is 0 Å². The van der Waals surface area contributed by atoms with Crippen LogP contribution in [0.5, 0.6) is 0 Å². The van der Waals surface area contributed by atoms with Gasteiger partial charge in [-0.05, 0) is 43.9 Å². The summed E-state index contributed by atoms with van der Waals surface area (Å²) in [7, 11) is 0. The lowest BCUT2D eigenvalue weighted by molar-refractivity contribution is 0.0142. The van der Waals surface area contributed by atoms with Crippen molar-refractivity contribution in [2.75, 3.05) is 52.5 Å². The number of aliphatic imine (C=N–C) groups is 1. The molecule has 1 N–H and O–H groups in total. The van der Waals surface area contributed by atoms with Crippen LogP contribution < -0.4 is 5.32 Å². The molecule has 3 aliphatic rings. The third-order valence-corrected chi connectivity index (χ3v) is 6.24. The van der Waals surface area contributed by atoms with E-state index in [9.17, 15) is 0 Å². The van der Waals surface area contributed by atoms with Gasteiger partial charge >= 0.3 is 0 Å². The summed E-state index contributed by atoms with van der Waals surface area (Å²) < 4.78 is 5.54. The van der Waals surface area contributed by atoms with E-state index in [0.717, 1.165) is 45.4 Å². The van der Waals surface area contributed by atoms with Crippen LogP contribution in [0, 0.1) is 11.3 Å². The van der Waals surface area contributed by atoms with Crippen molar-refractivity contribution in [3.05, 3.63) is 0 Å². The number of rotatable bonds is 6. The molecule has 5 heteroatoms. The Hall–Kier alpha value is -0.810. The Kier molecular flexibility index (Phi) is 6.61. The van der Waals surface area contributed by atoms with E-state index in [-0.39, 0.29) is 0 Å². The highest BCUT2D eigenvalue weighted by atomic mass is 16.5. The van der Waals surface area contributed by atoms with Crippen LogP contribution in [0.4, 0.5) is 0 Å². The Balaban J connectivity index is 1.63. The molecular formula is C20H38N4O. The highest BCUT2D eigenvalue weighted by Crippen LogP contribution is 2.47. The van der Waals surface area contributed by atoms with Gasteiger partial charge in [-0.3, -0.25) is 9.89 Å². The molecule has 144 valence electrons. The lowest BCUT2D eigenvalue weighted by atomic mass is 9.68. The van der Waals surface area contributed by atoms with Crippen LogP contribution in [0.3, 0.4) is 0 Å². The number of hydrogen-bond acceptors (Lipinski definition) is 3. The lowest BCUT2D eigenvalue weighted by Crippen LogP contribution is -2.47. The van der Waals surface area contributed by atoms with Gasteiger partial charge < -0.3 is 15.0 Å². The summed E-state index contributed by atoms with van der Waals surface area (Å²) in [4.78, 5) is 10.2. The smallest absolute Gasteiger partial charge is 0.193 e.